The lowest BCUT2D eigenvalue weighted by molar-refractivity contribution is 0.521. The van der Waals surface area contributed by atoms with Crippen LogP contribution in [0, 0.1) is 25.1 Å². The maximum absolute atomic E-state index is 13.0. The summed E-state index contributed by atoms with van der Waals surface area (Å²) in [5.41, 5.74) is 4.27. The van der Waals surface area contributed by atoms with E-state index in [4.69, 9.17) is 12.3 Å². The summed E-state index contributed by atoms with van der Waals surface area (Å²) in [7, 11) is 0. The molecule has 15 heavy (non-hydrogen) atoms. The summed E-state index contributed by atoms with van der Waals surface area (Å²) < 4.78 is 13.0. The molecule has 1 atom stereocenters. The molecule has 1 aromatic rings. The number of nitrogens with one attached hydrogen (secondary N) is 1. The topological polar surface area (TPSA) is 38.0 Å². The van der Waals surface area contributed by atoms with Crippen molar-refractivity contribution in [3.05, 3.63) is 35.1 Å². The number of benzene rings is 1. The fourth-order valence-corrected chi connectivity index (χ4v) is 1.46. The van der Waals surface area contributed by atoms with Gasteiger partial charge in [-0.15, -0.1) is 12.3 Å². The Morgan fingerprint density at radius 2 is 2.33 bits per heavy atom. The van der Waals surface area contributed by atoms with E-state index < -0.39 is 0 Å². The van der Waals surface area contributed by atoms with E-state index in [1.54, 1.807) is 19.1 Å². The van der Waals surface area contributed by atoms with Crippen molar-refractivity contribution in [1.82, 2.24) is 5.43 Å². The van der Waals surface area contributed by atoms with Gasteiger partial charge in [-0.3, -0.25) is 11.3 Å². The van der Waals surface area contributed by atoms with Crippen molar-refractivity contribution in [2.24, 2.45) is 5.84 Å². The molecule has 0 saturated carbocycles. The molecule has 0 aliphatic carbocycles. The van der Waals surface area contributed by atoms with Crippen LogP contribution >= 0.6 is 0 Å². The third-order valence-corrected chi connectivity index (χ3v) is 2.36. The molecule has 2 nitrogen and oxygen atoms in total. The van der Waals surface area contributed by atoms with Crippen LogP contribution in [0.2, 0.25) is 0 Å². The Morgan fingerprint density at radius 1 is 1.60 bits per heavy atom. The normalized spacial score (nSPS) is 12.1. The lowest BCUT2D eigenvalue weighted by Crippen LogP contribution is -2.28. The van der Waals surface area contributed by atoms with Gasteiger partial charge in [0.2, 0.25) is 0 Å². The first kappa shape index (κ1) is 11.7. The van der Waals surface area contributed by atoms with E-state index in [2.05, 4.69) is 11.3 Å². The van der Waals surface area contributed by atoms with Gasteiger partial charge >= 0.3 is 0 Å². The van der Waals surface area contributed by atoms with Crippen molar-refractivity contribution in [2.45, 2.75) is 25.8 Å². The molecular weight excluding hydrogens is 191 g/mol. The van der Waals surface area contributed by atoms with E-state index in [1.807, 2.05) is 0 Å². The van der Waals surface area contributed by atoms with E-state index in [0.717, 1.165) is 12.0 Å². The highest BCUT2D eigenvalue weighted by Crippen LogP contribution is 2.19. The predicted molar refractivity (Wildman–Crippen MR) is 59.3 cm³/mol. The standard InChI is InChI=1S/C12H15FN2/c1-3-4-5-12(15-14)10-6-7-11(13)9(2)8-10/h1,6-8,12,15H,4-5,14H2,2H3. The molecule has 0 radical (unpaired) electrons. The van der Waals surface area contributed by atoms with Gasteiger partial charge in [0.1, 0.15) is 5.82 Å². The van der Waals surface area contributed by atoms with Crippen LogP contribution in [0.1, 0.15) is 30.0 Å². The number of terminal acetylenes is 1. The maximum atomic E-state index is 13.0. The predicted octanol–water partition coefficient (Wildman–Crippen LogP) is 2.05. The van der Waals surface area contributed by atoms with Crippen LogP contribution in [0.5, 0.6) is 0 Å². The smallest absolute Gasteiger partial charge is 0.126 e. The Kier molecular flexibility index (Phi) is 4.29. The maximum Gasteiger partial charge on any atom is 0.126 e. The van der Waals surface area contributed by atoms with Crippen LogP contribution in [0.15, 0.2) is 18.2 Å². The quantitative estimate of drug-likeness (QED) is 0.449. The zero-order valence-corrected chi connectivity index (χ0v) is 8.76. The van der Waals surface area contributed by atoms with Crippen LogP contribution in [0.3, 0.4) is 0 Å². The molecule has 1 rings (SSSR count). The molecule has 80 valence electrons. The fraction of sp³-hybridized carbons (Fsp3) is 0.333. The van der Waals surface area contributed by atoms with E-state index >= 15 is 0 Å². The van der Waals surface area contributed by atoms with Gasteiger partial charge in [-0.1, -0.05) is 12.1 Å². The number of hydrazine groups is 1. The van der Waals surface area contributed by atoms with Crippen LogP contribution in [0.4, 0.5) is 4.39 Å². The van der Waals surface area contributed by atoms with Gasteiger partial charge in [-0.25, -0.2) is 4.39 Å². The molecule has 3 N–H and O–H groups in total. The SMILES string of the molecule is C#CCCC(NN)c1ccc(F)c(C)c1. The Bertz CT molecular complexity index is 368. The highest BCUT2D eigenvalue weighted by Gasteiger charge is 2.09. The first-order valence-corrected chi connectivity index (χ1v) is 4.84. The molecule has 0 spiro atoms. The Labute approximate surface area is 89.6 Å². The Morgan fingerprint density at radius 3 is 2.87 bits per heavy atom. The number of hydrogen-bond acceptors (Lipinski definition) is 2. The summed E-state index contributed by atoms with van der Waals surface area (Å²) in [6, 6.07) is 4.95. The number of nitrogens with two attached hydrogens (primary N) is 1. The van der Waals surface area contributed by atoms with Crippen LogP contribution in [0.25, 0.3) is 0 Å². The van der Waals surface area contributed by atoms with Gasteiger partial charge in [-0.05, 0) is 30.5 Å². The van der Waals surface area contributed by atoms with E-state index in [-0.39, 0.29) is 11.9 Å². The second kappa shape index (κ2) is 5.50. The van der Waals surface area contributed by atoms with Gasteiger partial charge < -0.3 is 0 Å². The van der Waals surface area contributed by atoms with Gasteiger partial charge in [0.15, 0.2) is 0 Å². The van der Waals surface area contributed by atoms with Crippen molar-refractivity contribution >= 4 is 0 Å². The fourth-order valence-electron chi connectivity index (χ4n) is 1.46. The third kappa shape index (κ3) is 3.05. The second-order valence-corrected chi connectivity index (χ2v) is 3.47. The summed E-state index contributed by atoms with van der Waals surface area (Å²) in [5.74, 6) is 7.78. The first-order chi connectivity index (χ1) is 7.19. The Balaban J connectivity index is 2.83. The number of hydrogen-bond donors (Lipinski definition) is 2. The van der Waals surface area contributed by atoms with Crippen molar-refractivity contribution < 1.29 is 4.39 Å². The summed E-state index contributed by atoms with van der Waals surface area (Å²) >= 11 is 0. The second-order valence-electron chi connectivity index (χ2n) is 3.47. The van der Waals surface area contributed by atoms with Crippen LogP contribution < -0.4 is 11.3 Å². The molecule has 0 amide bonds. The minimum atomic E-state index is -0.202. The molecule has 0 aromatic heterocycles. The third-order valence-electron chi connectivity index (χ3n) is 2.36. The number of halogens is 1. The van der Waals surface area contributed by atoms with Crippen molar-refractivity contribution in [1.29, 1.82) is 0 Å². The highest BCUT2D eigenvalue weighted by molar-refractivity contribution is 5.26. The van der Waals surface area contributed by atoms with Gasteiger partial charge in [-0.2, -0.15) is 0 Å². The molecule has 0 bridgehead atoms. The molecule has 1 aromatic carbocycles. The largest absolute Gasteiger partial charge is 0.271 e. The van der Waals surface area contributed by atoms with Crippen molar-refractivity contribution in [2.75, 3.05) is 0 Å². The zero-order valence-electron chi connectivity index (χ0n) is 8.76. The monoisotopic (exact) mass is 206 g/mol. The average molecular weight is 206 g/mol. The summed E-state index contributed by atoms with van der Waals surface area (Å²) in [4.78, 5) is 0. The molecule has 3 heteroatoms. The number of rotatable bonds is 4. The average Bonchev–Trinajstić information content (AvgIpc) is 2.24. The lowest BCUT2D eigenvalue weighted by Gasteiger charge is -2.15. The molecule has 0 saturated heterocycles. The van der Waals surface area contributed by atoms with Crippen molar-refractivity contribution in [3.63, 3.8) is 0 Å². The minimum Gasteiger partial charge on any atom is -0.271 e. The highest BCUT2D eigenvalue weighted by atomic mass is 19.1. The van der Waals surface area contributed by atoms with Crippen LogP contribution in [-0.4, -0.2) is 0 Å². The Hall–Kier alpha value is -1.37. The first-order valence-electron chi connectivity index (χ1n) is 4.84. The summed E-state index contributed by atoms with van der Waals surface area (Å²) in [5, 5.41) is 0. The van der Waals surface area contributed by atoms with Crippen molar-refractivity contribution in [3.8, 4) is 12.3 Å². The van der Waals surface area contributed by atoms with E-state index in [0.29, 0.717) is 12.0 Å². The summed E-state index contributed by atoms with van der Waals surface area (Å²) in [6.07, 6.45) is 6.58. The van der Waals surface area contributed by atoms with Crippen LogP contribution in [-0.2, 0) is 0 Å². The molecule has 0 fully saturated rings. The lowest BCUT2D eigenvalue weighted by atomic mass is 10.0. The van der Waals surface area contributed by atoms with Gasteiger partial charge in [0.05, 0.1) is 0 Å². The van der Waals surface area contributed by atoms with E-state index in [1.165, 1.54) is 6.07 Å². The molecule has 0 heterocycles. The van der Waals surface area contributed by atoms with Gasteiger partial charge in [0.25, 0.3) is 0 Å². The zero-order chi connectivity index (χ0) is 11.3. The molecule has 1 unspecified atom stereocenters. The molecule has 0 aliphatic heterocycles. The van der Waals surface area contributed by atoms with E-state index in [9.17, 15) is 4.39 Å². The minimum absolute atomic E-state index is 0.0136. The van der Waals surface area contributed by atoms with Gasteiger partial charge in [0, 0.05) is 12.5 Å². The molecular formula is C12H15FN2. The molecule has 0 aliphatic rings. The summed E-state index contributed by atoms with van der Waals surface area (Å²) in [6.45, 7) is 1.73. The number of aryl methyl sites for hydroxylation is 1.